The Hall–Kier alpha value is -1.84. The first kappa shape index (κ1) is 7.79. The summed E-state index contributed by atoms with van der Waals surface area (Å²) in [4.78, 5) is 11.0. The number of primary amides is 1. The summed E-state index contributed by atoms with van der Waals surface area (Å²) in [5.41, 5.74) is 6.34. The van der Waals surface area contributed by atoms with Crippen molar-refractivity contribution in [1.29, 1.82) is 0 Å². The maximum Gasteiger partial charge on any atom is 0.250 e. The van der Waals surface area contributed by atoms with Crippen LogP contribution in [-0.2, 0) is 7.05 Å². The molecule has 2 N–H and O–H groups in total. The van der Waals surface area contributed by atoms with Gasteiger partial charge in [0.05, 0.1) is 5.56 Å². The van der Waals surface area contributed by atoms with E-state index in [-0.39, 0.29) is 0 Å². The van der Waals surface area contributed by atoms with Crippen LogP contribution in [0.5, 0.6) is 0 Å². The number of amides is 1. The van der Waals surface area contributed by atoms with Gasteiger partial charge in [0.15, 0.2) is 0 Å². The van der Waals surface area contributed by atoms with E-state index in [1.165, 1.54) is 0 Å². The van der Waals surface area contributed by atoms with Crippen molar-refractivity contribution in [3.05, 3.63) is 30.0 Å². The van der Waals surface area contributed by atoms with Crippen molar-refractivity contribution in [3.8, 4) is 0 Å². The Morgan fingerprint density at radius 3 is 3.00 bits per heavy atom. The van der Waals surface area contributed by atoms with Gasteiger partial charge in [-0.1, -0.05) is 12.1 Å². The number of carbonyl (C=O) groups is 1. The zero-order chi connectivity index (χ0) is 9.42. The molecule has 0 bridgehead atoms. The lowest BCUT2D eigenvalue weighted by Crippen LogP contribution is -2.11. The van der Waals surface area contributed by atoms with E-state index in [1.54, 1.807) is 16.8 Å². The van der Waals surface area contributed by atoms with Gasteiger partial charge in [0.25, 0.3) is 5.91 Å². The number of fused-ring (bicyclic) bond motifs is 1. The minimum Gasteiger partial charge on any atom is -0.366 e. The van der Waals surface area contributed by atoms with Crippen LogP contribution in [-0.4, -0.2) is 15.7 Å². The monoisotopic (exact) mass is 175 g/mol. The Labute approximate surface area is 75.0 Å². The lowest BCUT2D eigenvalue weighted by atomic mass is 10.1. The van der Waals surface area contributed by atoms with Gasteiger partial charge >= 0.3 is 0 Å². The Morgan fingerprint density at radius 1 is 1.54 bits per heavy atom. The number of hydrogen-bond acceptors (Lipinski definition) is 2. The molecular formula is C9H9N3O. The molecule has 0 atom stereocenters. The molecular weight excluding hydrogens is 166 g/mol. The fourth-order valence-electron chi connectivity index (χ4n) is 1.36. The van der Waals surface area contributed by atoms with Crippen LogP contribution < -0.4 is 5.73 Å². The number of benzene rings is 1. The molecule has 0 aliphatic carbocycles. The molecule has 0 aliphatic rings. The molecule has 1 aromatic carbocycles. The second-order valence-corrected chi connectivity index (χ2v) is 2.91. The van der Waals surface area contributed by atoms with E-state index >= 15 is 0 Å². The first-order valence-electron chi connectivity index (χ1n) is 3.90. The van der Waals surface area contributed by atoms with Crippen molar-refractivity contribution in [3.63, 3.8) is 0 Å². The molecule has 0 aliphatic heterocycles. The van der Waals surface area contributed by atoms with Gasteiger partial charge in [-0.05, 0) is 6.07 Å². The molecule has 2 rings (SSSR count). The van der Waals surface area contributed by atoms with Gasteiger partial charge in [-0.2, -0.15) is 5.10 Å². The van der Waals surface area contributed by atoms with E-state index in [0.717, 1.165) is 5.39 Å². The number of rotatable bonds is 1. The van der Waals surface area contributed by atoms with Gasteiger partial charge in [-0.15, -0.1) is 0 Å². The van der Waals surface area contributed by atoms with E-state index in [1.807, 2.05) is 19.3 Å². The largest absolute Gasteiger partial charge is 0.366 e. The maximum absolute atomic E-state index is 11.0. The number of nitrogens with zero attached hydrogens (tertiary/aromatic N) is 2. The molecule has 1 amide bonds. The summed E-state index contributed by atoms with van der Waals surface area (Å²) < 4.78 is 1.66. The molecule has 0 saturated heterocycles. The van der Waals surface area contributed by atoms with Crippen molar-refractivity contribution >= 4 is 16.8 Å². The highest BCUT2D eigenvalue weighted by Crippen LogP contribution is 2.15. The summed E-state index contributed by atoms with van der Waals surface area (Å²) in [5.74, 6) is -0.440. The molecule has 66 valence electrons. The van der Waals surface area contributed by atoms with Crippen molar-refractivity contribution < 1.29 is 4.79 Å². The molecule has 0 radical (unpaired) electrons. The van der Waals surface area contributed by atoms with Crippen LogP contribution in [0.15, 0.2) is 24.4 Å². The zero-order valence-electron chi connectivity index (χ0n) is 7.19. The summed E-state index contributed by atoms with van der Waals surface area (Å²) >= 11 is 0. The van der Waals surface area contributed by atoms with Crippen LogP contribution in [0.25, 0.3) is 10.9 Å². The van der Waals surface area contributed by atoms with Crippen LogP contribution in [0.2, 0.25) is 0 Å². The lowest BCUT2D eigenvalue weighted by Gasteiger charge is -1.94. The van der Waals surface area contributed by atoms with Crippen molar-refractivity contribution in [2.45, 2.75) is 0 Å². The number of carbonyl (C=O) groups excluding carboxylic acids is 1. The second kappa shape index (κ2) is 2.58. The van der Waals surface area contributed by atoms with E-state index in [4.69, 9.17) is 5.73 Å². The molecule has 0 fully saturated rings. The summed E-state index contributed by atoms with van der Waals surface area (Å²) in [6.07, 6.45) is 1.85. The fourth-order valence-corrected chi connectivity index (χ4v) is 1.36. The summed E-state index contributed by atoms with van der Waals surface area (Å²) in [6.45, 7) is 0. The van der Waals surface area contributed by atoms with Crippen molar-refractivity contribution in [1.82, 2.24) is 9.78 Å². The third kappa shape index (κ3) is 1.16. The smallest absolute Gasteiger partial charge is 0.250 e. The third-order valence-electron chi connectivity index (χ3n) is 1.92. The van der Waals surface area contributed by atoms with Crippen LogP contribution >= 0.6 is 0 Å². The first-order valence-corrected chi connectivity index (χ1v) is 3.90. The first-order chi connectivity index (χ1) is 6.18. The van der Waals surface area contributed by atoms with E-state index in [0.29, 0.717) is 11.1 Å². The van der Waals surface area contributed by atoms with Gasteiger partial charge < -0.3 is 5.73 Å². The molecule has 4 nitrogen and oxygen atoms in total. The normalized spacial score (nSPS) is 10.5. The minimum atomic E-state index is -0.440. The Balaban J connectivity index is 2.82. The van der Waals surface area contributed by atoms with Crippen LogP contribution in [0.3, 0.4) is 0 Å². The van der Waals surface area contributed by atoms with Gasteiger partial charge in [-0.3, -0.25) is 9.48 Å². The standard InChI is InChI=1S/C9H9N3O/c1-12-5-6-3-2-4-7(9(10)13)8(6)11-12/h2-5H,1H3,(H2,10,13). The van der Waals surface area contributed by atoms with E-state index in [9.17, 15) is 4.79 Å². The topological polar surface area (TPSA) is 60.9 Å². The Kier molecular flexibility index (Phi) is 1.55. The van der Waals surface area contributed by atoms with Gasteiger partial charge in [0.2, 0.25) is 0 Å². The van der Waals surface area contributed by atoms with E-state index in [2.05, 4.69) is 5.10 Å². The molecule has 1 heterocycles. The zero-order valence-corrected chi connectivity index (χ0v) is 7.19. The molecule has 0 unspecified atom stereocenters. The highest BCUT2D eigenvalue weighted by Gasteiger charge is 2.08. The van der Waals surface area contributed by atoms with Crippen LogP contribution in [0.4, 0.5) is 0 Å². The quantitative estimate of drug-likeness (QED) is 0.692. The number of nitrogens with two attached hydrogens (primary N) is 1. The van der Waals surface area contributed by atoms with Crippen molar-refractivity contribution in [2.24, 2.45) is 12.8 Å². The molecule has 4 heteroatoms. The van der Waals surface area contributed by atoms with Gasteiger partial charge in [-0.25, -0.2) is 0 Å². The predicted molar refractivity (Wildman–Crippen MR) is 49.2 cm³/mol. The molecule has 0 saturated carbocycles. The highest BCUT2D eigenvalue weighted by atomic mass is 16.1. The average molecular weight is 175 g/mol. The third-order valence-corrected chi connectivity index (χ3v) is 1.92. The Morgan fingerprint density at radius 2 is 2.31 bits per heavy atom. The molecule has 0 spiro atoms. The number of aryl methyl sites for hydroxylation is 1. The van der Waals surface area contributed by atoms with Crippen LogP contribution in [0, 0.1) is 0 Å². The number of aromatic nitrogens is 2. The summed E-state index contributed by atoms with van der Waals surface area (Å²) in [5, 5.41) is 5.08. The number of hydrogen-bond donors (Lipinski definition) is 1. The maximum atomic E-state index is 11.0. The van der Waals surface area contributed by atoms with Crippen molar-refractivity contribution in [2.75, 3.05) is 0 Å². The summed E-state index contributed by atoms with van der Waals surface area (Å²) in [7, 11) is 1.81. The predicted octanol–water partition coefficient (Wildman–Crippen LogP) is 0.672. The molecule has 2 aromatic rings. The highest BCUT2D eigenvalue weighted by molar-refractivity contribution is 6.04. The summed E-state index contributed by atoms with van der Waals surface area (Å²) in [6, 6.07) is 5.37. The molecule has 13 heavy (non-hydrogen) atoms. The molecule has 1 aromatic heterocycles. The SMILES string of the molecule is Cn1cc2cccc(C(N)=O)c2n1. The Bertz CT molecular complexity index is 473. The fraction of sp³-hybridized carbons (Fsp3) is 0.111. The lowest BCUT2D eigenvalue weighted by molar-refractivity contribution is 0.100. The van der Waals surface area contributed by atoms with E-state index < -0.39 is 5.91 Å². The van der Waals surface area contributed by atoms with Gasteiger partial charge in [0, 0.05) is 18.6 Å². The minimum absolute atomic E-state index is 0.440. The van der Waals surface area contributed by atoms with Gasteiger partial charge in [0.1, 0.15) is 5.52 Å². The van der Waals surface area contributed by atoms with Crippen LogP contribution in [0.1, 0.15) is 10.4 Å². The second-order valence-electron chi connectivity index (χ2n) is 2.91. The average Bonchev–Trinajstić information content (AvgIpc) is 2.43.